The summed E-state index contributed by atoms with van der Waals surface area (Å²) in [7, 11) is 0. The predicted octanol–water partition coefficient (Wildman–Crippen LogP) is 10.2. The summed E-state index contributed by atoms with van der Waals surface area (Å²) in [6.07, 6.45) is 2.50. The Morgan fingerprint density at radius 2 is 0.450 bits per heavy atom. The van der Waals surface area contributed by atoms with Crippen LogP contribution in [0.15, 0.2) is 97.1 Å². The number of ketones is 3. The summed E-state index contributed by atoms with van der Waals surface area (Å²) in [5.41, 5.74) is 5.80. The standard InChI is InChI=1S/C14H8O2.C13H8O.2C3H8.2C2H6/c15-13-9-5-1-2-6-10(9)14(16)12-8-4-3-7-11(12)13;14-13-11-7-3-1-5-9(11)10-6-2-4-8-12(10)13;2*1-3-2;2*1-2/h1-8H;1-8H;2*3H2,1-2H3;2*1-2H3. The van der Waals surface area contributed by atoms with Gasteiger partial charge in [0, 0.05) is 33.4 Å². The van der Waals surface area contributed by atoms with Gasteiger partial charge in [-0.1, -0.05) is 165 Å². The molecule has 4 aromatic carbocycles. The van der Waals surface area contributed by atoms with E-state index in [4.69, 9.17) is 0 Å². The fourth-order valence-corrected chi connectivity index (χ4v) is 4.03. The lowest BCUT2D eigenvalue weighted by Gasteiger charge is -2.16. The maximum absolute atomic E-state index is 12.1. The van der Waals surface area contributed by atoms with Gasteiger partial charge in [0.15, 0.2) is 17.3 Å². The Bertz CT molecular complexity index is 1230. The molecule has 0 bridgehead atoms. The first-order valence-electron chi connectivity index (χ1n) is 14.5. The van der Waals surface area contributed by atoms with Gasteiger partial charge in [-0.3, -0.25) is 14.4 Å². The van der Waals surface area contributed by atoms with E-state index in [0.29, 0.717) is 22.3 Å². The molecule has 0 aromatic heterocycles. The molecule has 0 unspecified atom stereocenters. The molecule has 4 aromatic rings. The van der Waals surface area contributed by atoms with Gasteiger partial charge in [0.05, 0.1) is 0 Å². The molecule has 3 nitrogen and oxygen atoms in total. The first-order chi connectivity index (χ1) is 19.5. The van der Waals surface area contributed by atoms with Crippen molar-refractivity contribution in [2.45, 2.75) is 68.2 Å². The summed E-state index contributed by atoms with van der Waals surface area (Å²) >= 11 is 0. The molecule has 0 fully saturated rings. The Morgan fingerprint density at radius 3 is 0.625 bits per heavy atom. The van der Waals surface area contributed by atoms with Crippen LogP contribution in [0, 0.1) is 0 Å². The molecule has 0 atom stereocenters. The predicted molar refractivity (Wildman–Crippen MR) is 170 cm³/mol. The molecule has 40 heavy (non-hydrogen) atoms. The SMILES string of the molecule is CC.CC.CCC.CCC.O=C1c2ccccc2-c2ccccc21.O=C1c2ccccc2C(=O)c2ccccc21. The Labute approximate surface area is 241 Å². The molecular weight excluding hydrogens is 492 g/mol. The highest BCUT2D eigenvalue weighted by atomic mass is 16.1. The van der Waals surface area contributed by atoms with Crippen LogP contribution in [-0.4, -0.2) is 17.3 Å². The summed E-state index contributed by atoms with van der Waals surface area (Å²) in [4.78, 5) is 36.1. The number of carbonyl (C=O) groups excluding carboxylic acids is 3. The Morgan fingerprint density at radius 1 is 0.325 bits per heavy atom. The van der Waals surface area contributed by atoms with Crippen LogP contribution in [0.2, 0.25) is 0 Å². The van der Waals surface area contributed by atoms with Crippen molar-refractivity contribution in [2.75, 3.05) is 0 Å². The van der Waals surface area contributed by atoms with Gasteiger partial charge in [0.2, 0.25) is 0 Å². The van der Waals surface area contributed by atoms with Crippen molar-refractivity contribution in [3.05, 3.63) is 130 Å². The van der Waals surface area contributed by atoms with Crippen molar-refractivity contribution in [2.24, 2.45) is 0 Å². The van der Waals surface area contributed by atoms with Gasteiger partial charge >= 0.3 is 0 Å². The molecule has 0 saturated heterocycles. The quantitative estimate of drug-likeness (QED) is 0.194. The highest BCUT2D eigenvalue weighted by Gasteiger charge is 2.28. The largest absolute Gasteiger partial charge is 0.289 e. The topological polar surface area (TPSA) is 51.2 Å². The minimum Gasteiger partial charge on any atom is -0.289 e. The van der Waals surface area contributed by atoms with Crippen LogP contribution < -0.4 is 0 Å². The van der Waals surface area contributed by atoms with Crippen molar-refractivity contribution < 1.29 is 14.4 Å². The summed E-state index contributed by atoms with van der Waals surface area (Å²) < 4.78 is 0. The van der Waals surface area contributed by atoms with Crippen LogP contribution in [0.4, 0.5) is 0 Å². The maximum Gasteiger partial charge on any atom is 0.194 e. The first-order valence-corrected chi connectivity index (χ1v) is 14.5. The monoisotopic (exact) mass is 536 g/mol. The zero-order valence-corrected chi connectivity index (χ0v) is 25.4. The number of rotatable bonds is 0. The number of carbonyl (C=O) groups is 3. The number of benzene rings is 4. The zero-order valence-electron chi connectivity index (χ0n) is 25.4. The summed E-state index contributed by atoms with van der Waals surface area (Å²) in [5, 5.41) is 0. The van der Waals surface area contributed by atoms with Crippen LogP contribution in [0.1, 0.15) is 116 Å². The van der Waals surface area contributed by atoms with Crippen LogP contribution >= 0.6 is 0 Å². The van der Waals surface area contributed by atoms with E-state index in [2.05, 4.69) is 27.7 Å². The van der Waals surface area contributed by atoms with Gasteiger partial charge in [-0.05, 0) is 11.1 Å². The summed E-state index contributed by atoms with van der Waals surface area (Å²) in [5.74, 6) is 0.0211. The highest BCUT2D eigenvalue weighted by Crippen LogP contribution is 2.35. The number of fused-ring (bicyclic) bond motifs is 5. The molecule has 0 radical (unpaired) electrons. The molecule has 6 rings (SSSR count). The number of hydrogen-bond acceptors (Lipinski definition) is 3. The molecular formula is C37H44O3. The average Bonchev–Trinajstić information content (AvgIpc) is 3.31. The first kappa shape index (κ1) is 33.9. The highest BCUT2D eigenvalue weighted by molar-refractivity contribution is 6.28. The van der Waals surface area contributed by atoms with Crippen LogP contribution in [0.25, 0.3) is 11.1 Å². The van der Waals surface area contributed by atoms with E-state index in [1.165, 1.54) is 12.8 Å². The third kappa shape index (κ3) is 7.95. The van der Waals surface area contributed by atoms with Crippen molar-refractivity contribution in [3.63, 3.8) is 0 Å². The Balaban J connectivity index is 0.000000305. The van der Waals surface area contributed by atoms with Gasteiger partial charge in [-0.15, -0.1) is 0 Å². The van der Waals surface area contributed by atoms with E-state index in [1.54, 1.807) is 48.5 Å². The lowest BCUT2D eigenvalue weighted by atomic mass is 9.84. The van der Waals surface area contributed by atoms with Crippen LogP contribution in [0.3, 0.4) is 0 Å². The smallest absolute Gasteiger partial charge is 0.194 e. The molecule has 0 amide bonds. The van der Waals surface area contributed by atoms with Crippen molar-refractivity contribution in [1.82, 2.24) is 0 Å². The summed E-state index contributed by atoms with van der Waals surface area (Å²) in [6, 6.07) is 29.4. The molecule has 2 aliphatic carbocycles. The van der Waals surface area contributed by atoms with Gasteiger partial charge in [0.25, 0.3) is 0 Å². The maximum atomic E-state index is 12.1. The van der Waals surface area contributed by atoms with Crippen LogP contribution in [0.5, 0.6) is 0 Å². The molecule has 2 aliphatic rings. The molecule has 210 valence electrons. The average molecular weight is 537 g/mol. The van der Waals surface area contributed by atoms with E-state index < -0.39 is 0 Å². The van der Waals surface area contributed by atoms with Gasteiger partial charge < -0.3 is 0 Å². The summed E-state index contributed by atoms with van der Waals surface area (Å²) in [6.45, 7) is 16.5. The molecule has 0 aliphatic heterocycles. The Kier molecular flexibility index (Phi) is 15.5. The van der Waals surface area contributed by atoms with Gasteiger partial charge in [-0.2, -0.15) is 0 Å². The minimum absolute atomic E-state index is 0.0641. The second-order valence-corrected chi connectivity index (χ2v) is 8.58. The second kappa shape index (κ2) is 18.2. The van der Waals surface area contributed by atoms with E-state index in [0.717, 1.165) is 22.3 Å². The van der Waals surface area contributed by atoms with Crippen molar-refractivity contribution in [3.8, 4) is 11.1 Å². The normalized spacial score (nSPS) is 10.8. The van der Waals surface area contributed by atoms with Gasteiger partial charge in [0.1, 0.15) is 0 Å². The van der Waals surface area contributed by atoms with E-state index in [-0.39, 0.29) is 17.3 Å². The lowest BCUT2D eigenvalue weighted by Crippen LogP contribution is -2.20. The molecule has 3 heteroatoms. The fourth-order valence-electron chi connectivity index (χ4n) is 4.03. The van der Waals surface area contributed by atoms with Crippen molar-refractivity contribution in [1.29, 1.82) is 0 Å². The Hall–Kier alpha value is -4.11. The third-order valence-electron chi connectivity index (χ3n) is 5.47. The molecule has 0 N–H and O–H groups in total. The molecule has 0 saturated carbocycles. The van der Waals surface area contributed by atoms with Crippen molar-refractivity contribution >= 4 is 17.3 Å². The molecule has 0 spiro atoms. The van der Waals surface area contributed by atoms with E-state index in [9.17, 15) is 14.4 Å². The zero-order chi connectivity index (χ0) is 30.1. The van der Waals surface area contributed by atoms with Crippen LogP contribution in [-0.2, 0) is 0 Å². The second-order valence-electron chi connectivity index (χ2n) is 8.58. The number of hydrogen-bond donors (Lipinski definition) is 0. The molecule has 0 heterocycles. The minimum atomic E-state index is -0.0641. The third-order valence-corrected chi connectivity index (χ3v) is 5.47. The van der Waals surface area contributed by atoms with Gasteiger partial charge in [-0.25, -0.2) is 0 Å². The fraction of sp³-hybridized carbons (Fsp3) is 0.270. The van der Waals surface area contributed by atoms with E-state index in [1.807, 2.05) is 76.2 Å². The lowest BCUT2D eigenvalue weighted by molar-refractivity contribution is 0.0979. The van der Waals surface area contributed by atoms with E-state index >= 15 is 0 Å².